The summed E-state index contributed by atoms with van der Waals surface area (Å²) in [5, 5.41) is 33.8. The van der Waals surface area contributed by atoms with Crippen LogP contribution in [0, 0.1) is 0 Å². The molecule has 0 saturated heterocycles. The Kier molecular flexibility index (Phi) is 21.6. The summed E-state index contributed by atoms with van der Waals surface area (Å²) in [5.41, 5.74) is -2.74. The minimum atomic E-state index is -2.74. The summed E-state index contributed by atoms with van der Waals surface area (Å²) in [6.45, 7) is 0. The predicted octanol–water partition coefficient (Wildman–Crippen LogP) is -2.39. The SMILES string of the molecule is O=C(O)CC(O)(CC(=O)O)C(=O)O.[Ag+].[Si+4].[Si+4].[Si+4]. The zero-order valence-electron chi connectivity index (χ0n) is 8.23. The van der Waals surface area contributed by atoms with Crippen molar-refractivity contribution < 1.29 is 57.2 Å². The zero-order valence-corrected chi connectivity index (χ0v) is 12.7. The maximum atomic E-state index is 10.3. The number of carboxylic acid groups (broad SMARTS) is 3. The smallest absolute Gasteiger partial charge is 0.481 e. The van der Waals surface area contributed by atoms with Gasteiger partial charge in [0.15, 0.2) is 5.60 Å². The summed E-state index contributed by atoms with van der Waals surface area (Å²) in [7, 11) is 0. The van der Waals surface area contributed by atoms with Gasteiger partial charge in [-0.25, -0.2) is 4.79 Å². The van der Waals surface area contributed by atoms with Crippen LogP contribution in [0.2, 0.25) is 0 Å². The molecule has 17 heavy (non-hydrogen) atoms. The van der Waals surface area contributed by atoms with Crippen molar-refractivity contribution in [3.63, 3.8) is 0 Å². The summed E-state index contributed by atoms with van der Waals surface area (Å²) >= 11 is 0. The average molecular weight is 384 g/mol. The molecule has 7 nitrogen and oxygen atoms in total. The quantitative estimate of drug-likeness (QED) is 0.389. The molecular weight excluding hydrogens is 376 g/mol. The third kappa shape index (κ3) is 12.0. The van der Waals surface area contributed by atoms with E-state index in [0.717, 1.165) is 0 Å². The molecule has 0 rings (SSSR count). The molecular formula is C6H8AgO7Si3+13. The number of aliphatic hydroxyl groups is 1. The van der Waals surface area contributed by atoms with Crippen molar-refractivity contribution in [2.24, 2.45) is 0 Å². The van der Waals surface area contributed by atoms with Crippen LogP contribution in [0.1, 0.15) is 12.8 Å². The first-order chi connectivity index (χ1) is 5.78. The van der Waals surface area contributed by atoms with E-state index in [9.17, 15) is 14.4 Å². The molecule has 11 heteroatoms. The molecule has 0 unspecified atom stereocenters. The van der Waals surface area contributed by atoms with Crippen LogP contribution >= 0.6 is 0 Å². The maximum Gasteiger partial charge on any atom is 4.00 e. The largest absolute Gasteiger partial charge is 4.00 e. The Hall–Kier alpha value is -0.239. The molecule has 0 spiro atoms. The minimum absolute atomic E-state index is 0. The molecule has 0 saturated carbocycles. The number of rotatable bonds is 5. The first kappa shape index (κ1) is 30.1. The van der Waals surface area contributed by atoms with Gasteiger partial charge in [-0.05, 0) is 0 Å². The van der Waals surface area contributed by atoms with Crippen molar-refractivity contribution in [1.29, 1.82) is 0 Å². The van der Waals surface area contributed by atoms with Crippen molar-refractivity contribution in [3.05, 3.63) is 0 Å². The van der Waals surface area contributed by atoms with Gasteiger partial charge in [-0.3, -0.25) is 9.59 Å². The zero-order chi connectivity index (χ0) is 10.6. The molecule has 0 aliphatic heterocycles. The third-order valence-corrected chi connectivity index (χ3v) is 1.29. The van der Waals surface area contributed by atoms with E-state index in [4.69, 9.17) is 20.4 Å². The fourth-order valence-corrected chi connectivity index (χ4v) is 0.714. The average Bonchev–Trinajstić information content (AvgIpc) is 1.82. The number of hydrogen-bond acceptors (Lipinski definition) is 4. The molecule has 0 aliphatic carbocycles. The van der Waals surface area contributed by atoms with Crippen molar-refractivity contribution in [3.8, 4) is 0 Å². The molecule has 0 heterocycles. The van der Waals surface area contributed by atoms with Gasteiger partial charge in [0.25, 0.3) is 0 Å². The fourth-order valence-electron chi connectivity index (χ4n) is 0.714. The van der Waals surface area contributed by atoms with Gasteiger partial charge < -0.3 is 20.4 Å². The summed E-state index contributed by atoms with van der Waals surface area (Å²) in [6.07, 6.45) is -2.29. The van der Waals surface area contributed by atoms with Gasteiger partial charge in [-0.15, -0.1) is 0 Å². The molecule has 0 aliphatic rings. The van der Waals surface area contributed by atoms with Crippen LogP contribution in [-0.2, 0) is 36.8 Å². The molecule has 0 radical (unpaired) electrons. The molecule has 0 atom stereocenters. The molecule has 4 N–H and O–H groups in total. The van der Waals surface area contributed by atoms with Gasteiger partial charge in [-0.2, -0.15) is 0 Å². The topological polar surface area (TPSA) is 132 Å². The third-order valence-electron chi connectivity index (χ3n) is 1.29. The molecule has 0 amide bonds. The van der Waals surface area contributed by atoms with E-state index in [1.54, 1.807) is 0 Å². The van der Waals surface area contributed by atoms with Gasteiger partial charge in [0.05, 0.1) is 12.8 Å². The van der Waals surface area contributed by atoms with Crippen LogP contribution in [-0.4, -0.2) is 76.8 Å². The molecule has 0 bridgehead atoms. The van der Waals surface area contributed by atoms with E-state index in [2.05, 4.69) is 0 Å². The Balaban J connectivity index is -0.000000120. The monoisotopic (exact) mass is 383 g/mol. The summed E-state index contributed by atoms with van der Waals surface area (Å²) in [6, 6.07) is 0. The first-order valence-corrected chi connectivity index (χ1v) is 3.17. The minimum Gasteiger partial charge on any atom is -0.481 e. The number of carboxylic acids is 3. The van der Waals surface area contributed by atoms with Crippen LogP contribution in [0.5, 0.6) is 0 Å². The molecule has 84 valence electrons. The van der Waals surface area contributed by atoms with Crippen molar-refractivity contribution in [1.82, 2.24) is 0 Å². The van der Waals surface area contributed by atoms with Crippen LogP contribution in [0.15, 0.2) is 0 Å². The van der Waals surface area contributed by atoms with Gasteiger partial charge in [0, 0.05) is 0 Å². The number of hydrogen-bond donors (Lipinski definition) is 4. The second kappa shape index (κ2) is 12.2. The van der Waals surface area contributed by atoms with Crippen LogP contribution in [0.4, 0.5) is 0 Å². The van der Waals surface area contributed by atoms with Gasteiger partial charge >= 0.3 is 73.2 Å². The standard InChI is InChI=1S/C6H8O7.Ag.3Si/c7-3(8)1-6(13,5(11)12)2-4(9)10;;;;/h13H,1-2H2,(H,7,8)(H,9,10)(H,11,12);;;;/q;+1;3*+4. The summed E-state index contributed by atoms with van der Waals surface area (Å²) < 4.78 is 0. The summed E-state index contributed by atoms with van der Waals surface area (Å²) in [4.78, 5) is 30.5. The predicted molar refractivity (Wildman–Crippen MR) is 54.4 cm³/mol. The molecule has 0 aromatic carbocycles. The van der Waals surface area contributed by atoms with Crippen LogP contribution < -0.4 is 0 Å². The molecule has 0 aromatic heterocycles. The Labute approximate surface area is 126 Å². The van der Waals surface area contributed by atoms with Crippen molar-refractivity contribution >= 4 is 50.8 Å². The normalized spacial score (nSPS) is 8.29. The Morgan fingerprint density at radius 2 is 1.06 bits per heavy atom. The second-order valence-electron chi connectivity index (χ2n) is 2.48. The van der Waals surface area contributed by atoms with E-state index < -0.39 is 36.4 Å². The van der Waals surface area contributed by atoms with Gasteiger partial charge in [0.1, 0.15) is 0 Å². The maximum absolute atomic E-state index is 10.3. The van der Waals surface area contributed by atoms with Gasteiger partial charge in [-0.1, -0.05) is 0 Å². The van der Waals surface area contributed by atoms with E-state index >= 15 is 0 Å². The van der Waals surface area contributed by atoms with E-state index in [1.807, 2.05) is 0 Å². The van der Waals surface area contributed by atoms with Crippen molar-refractivity contribution in [2.45, 2.75) is 18.4 Å². The van der Waals surface area contributed by atoms with Crippen molar-refractivity contribution in [2.75, 3.05) is 0 Å². The van der Waals surface area contributed by atoms with E-state index in [-0.39, 0.29) is 55.3 Å². The van der Waals surface area contributed by atoms with E-state index in [1.165, 1.54) is 0 Å². The fraction of sp³-hybridized carbons (Fsp3) is 0.500. The number of carbonyl (C=O) groups is 3. The molecule has 0 fully saturated rings. The Morgan fingerprint density at radius 1 is 0.824 bits per heavy atom. The van der Waals surface area contributed by atoms with Crippen LogP contribution in [0.3, 0.4) is 0 Å². The Morgan fingerprint density at radius 3 is 1.18 bits per heavy atom. The van der Waals surface area contributed by atoms with E-state index in [0.29, 0.717) is 0 Å². The Bertz CT molecular complexity index is 244. The number of aliphatic carboxylic acids is 3. The van der Waals surface area contributed by atoms with Gasteiger partial charge in [0.2, 0.25) is 0 Å². The summed E-state index contributed by atoms with van der Waals surface area (Å²) in [5.74, 6) is -5.02. The molecule has 0 aromatic rings. The van der Waals surface area contributed by atoms with Crippen LogP contribution in [0.25, 0.3) is 0 Å². The first-order valence-electron chi connectivity index (χ1n) is 3.17. The second-order valence-corrected chi connectivity index (χ2v) is 2.48.